The molecule has 1 unspecified atom stereocenters. The van der Waals surface area contributed by atoms with Gasteiger partial charge in [0.25, 0.3) is 5.91 Å². The molecule has 1 atom stereocenters. The molecule has 0 spiro atoms. The van der Waals surface area contributed by atoms with E-state index in [0.717, 1.165) is 15.7 Å². The molecule has 9 heteroatoms. The molecule has 3 rings (SSSR count). The molecule has 7 nitrogen and oxygen atoms in total. The van der Waals surface area contributed by atoms with E-state index in [9.17, 15) is 9.59 Å². The van der Waals surface area contributed by atoms with Crippen molar-refractivity contribution >= 4 is 47.4 Å². The Labute approximate surface area is 176 Å². The van der Waals surface area contributed by atoms with Gasteiger partial charge in [0, 0.05) is 36.2 Å². The molecule has 3 amide bonds. The summed E-state index contributed by atoms with van der Waals surface area (Å²) in [5, 5.41) is 5.16. The maximum Gasteiger partial charge on any atom is 0.322 e. The number of rotatable bonds is 4. The molecule has 1 aromatic heterocycles. The summed E-state index contributed by atoms with van der Waals surface area (Å²) in [5.41, 5.74) is 6.53. The number of amides is 3. The number of thiazole rings is 1. The summed E-state index contributed by atoms with van der Waals surface area (Å²) in [7, 11) is -1.35. The third-order valence-corrected chi connectivity index (χ3v) is 8.28. The summed E-state index contributed by atoms with van der Waals surface area (Å²) >= 11 is 1.46. The lowest BCUT2D eigenvalue weighted by Crippen LogP contribution is -2.55. The Hall–Kier alpha value is -2.39. The van der Waals surface area contributed by atoms with Crippen LogP contribution in [0.5, 0.6) is 0 Å². The van der Waals surface area contributed by atoms with E-state index >= 15 is 0 Å². The van der Waals surface area contributed by atoms with Gasteiger partial charge in [-0.05, 0) is 26.0 Å². The summed E-state index contributed by atoms with van der Waals surface area (Å²) in [6.07, 6.45) is 0. The number of primary amides is 1. The first-order chi connectivity index (χ1) is 13.6. The van der Waals surface area contributed by atoms with Crippen molar-refractivity contribution in [3.8, 4) is 0 Å². The predicted molar refractivity (Wildman–Crippen MR) is 122 cm³/mol. The summed E-state index contributed by atoms with van der Waals surface area (Å²) in [5.74, 6) is -0.504. The van der Waals surface area contributed by atoms with Gasteiger partial charge >= 0.3 is 6.03 Å². The average molecular weight is 432 g/mol. The van der Waals surface area contributed by atoms with Gasteiger partial charge in [-0.25, -0.2) is 9.78 Å². The van der Waals surface area contributed by atoms with Crippen molar-refractivity contribution in [3.05, 3.63) is 34.8 Å². The Morgan fingerprint density at radius 1 is 1.21 bits per heavy atom. The number of nitrogens with two attached hydrogens (primary N) is 1. The smallest absolute Gasteiger partial charge is 0.322 e. The number of nitrogens with zero attached hydrogens (tertiary/aromatic N) is 3. The molecule has 156 valence electrons. The van der Waals surface area contributed by atoms with Crippen LogP contribution in [-0.2, 0) is 0 Å². The Kier molecular flexibility index (Phi) is 5.99. The fraction of sp³-hybridized carbons (Fsp3) is 0.450. The number of hydrogen-bond acceptors (Lipinski definition) is 5. The van der Waals surface area contributed by atoms with Crippen LogP contribution in [-0.4, -0.2) is 55.6 Å². The minimum Gasteiger partial charge on any atom is -0.364 e. The maximum atomic E-state index is 12.8. The predicted octanol–water partition coefficient (Wildman–Crippen LogP) is 2.84. The number of carbonyl (C=O) groups excluding carboxylic acids is 2. The van der Waals surface area contributed by atoms with Crippen molar-refractivity contribution in [1.82, 2.24) is 9.88 Å². The quantitative estimate of drug-likeness (QED) is 0.728. The Bertz CT molecular complexity index is 907. The minimum absolute atomic E-state index is 0.0197. The minimum atomic E-state index is -1.35. The molecular weight excluding hydrogens is 402 g/mol. The molecule has 3 N–H and O–H groups in total. The number of aryl methyl sites for hydroxylation is 1. The molecule has 1 aliphatic heterocycles. The zero-order valence-electron chi connectivity index (χ0n) is 17.7. The lowest BCUT2D eigenvalue weighted by atomic mass is 10.2. The second-order valence-electron chi connectivity index (χ2n) is 8.51. The molecular formula is C20H29N5O2SSi. The van der Waals surface area contributed by atoms with Crippen LogP contribution in [0.25, 0.3) is 0 Å². The molecule has 2 aromatic rings. The highest BCUT2D eigenvalue weighted by atomic mass is 32.1. The molecule has 1 fully saturated rings. The van der Waals surface area contributed by atoms with Crippen LogP contribution in [0.1, 0.15) is 22.3 Å². The van der Waals surface area contributed by atoms with E-state index in [1.807, 2.05) is 30.9 Å². The highest BCUT2D eigenvalue weighted by molar-refractivity contribution is 7.15. The van der Waals surface area contributed by atoms with Gasteiger partial charge in [0.15, 0.2) is 5.13 Å². The third kappa shape index (κ3) is 4.79. The van der Waals surface area contributed by atoms with Crippen molar-refractivity contribution in [2.24, 2.45) is 5.73 Å². The average Bonchev–Trinajstić information content (AvgIpc) is 3.03. The van der Waals surface area contributed by atoms with Gasteiger partial charge in [0.2, 0.25) is 0 Å². The summed E-state index contributed by atoms with van der Waals surface area (Å²) < 4.78 is 0. The van der Waals surface area contributed by atoms with Crippen LogP contribution in [0.2, 0.25) is 19.6 Å². The van der Waals surface area contributed by atoms with E-state index in [0.29, 0.717) is 25.3 Å². The van der Waals surface area contributed by atoms with Crippen LogP contribution in [0.15, 0.2) is 24.3 Å². The van der Waals surface area contributed by atoms with Crippen LogP contribution < -0.4 is 21.1 Å². The molecule has 2 heterocycles. The van der Waals surface area contributed by atoms with Gasteiger partial charge in [0.1, 0.15) is 5.69 Å². The van der Waals surface area contributed by atoms with E-state index in [4.69, 9.17) is 5.73 Å². The van der Waals surface area contributed by atoms with Gasteiger partial charge in [-0.15, -0.1) is 11.3 Å². The molecule has 0 saturated carbocycles. The fourth-order valence-corrected chi connectivity index (χ4v) is 5.54. The van der Waals surface area contributed by atoms with Crippen LogP contribution >= 0.6 is 11.3 Å². The maximum absolute atomic E-state index is 12.8. The summed E-state index contributed by atoms with van der Waals surface area (Å²) in [4.78, 5) is 33.4. The Morgan fingerprint density at radius 3 is 2.38 bits per heavy atom. The third-order valence-electron chi connectivity index (χ3n) is 5.18. The SMILES string of the molecule is Cc1sc(N2CCN(C(=O)Nc3ccc([Si](C)(C)C)cc3)C(C)C2)nc1C(N)=O. The number of piperazine rings is 1. The van der Waals surface area contributed by atoms with Crippen molar-refractivity contribution < 1.29 is 9.59 Å². The van der Waals surface area contributed by atoms with Gasteiger partial charge in [-0.2, -0.15) is 0 Å². The Morgan fingerprint density at radius 2 is 1.86 bits per heavy atom. The van der Waals surface area contributed by atoms with Crippen LogP contribution in [0.4, 0.5) is 15.6 Å². The summed E-state index contributed by atoms with van der Waals surface area (Å²) in [6, 6.07) is 8.12. The first-order valence-electron chi connectivity index (χ1n) is 9.76. The normalized spacial score (nSPS) is 17.3. The largest absolute Gasteiger partial charge is 0.364 e. The monoisotopic (exact) mass is 431 g/mol. The molecule has 1 aliphatic rings. The standard InChI is InChI=1S/C20H29N5O2SSi/c1-13-12-24(20-23-17(18(21)26)14(2)28-20)10-11-25(13)19(27)22-15-6-8-16(9-7-15)29(3,4)5/h6-9,13H,10-12H2,1-5H3,(H2,21,26)(H,22,27). The lowest BCUT2D eigenvalue weighted by Gasteiger charge is -2.39. The fourth-order valence-electron chi connectivity index (χ4n) is 3.43. The van der Waals surface area contributed by atoms with Crippen molar-refractivity contribution in [2.45, 2.75) is 39.5 Å². The highest BCUT2D eigenvalue weighted by Gasteiger charge is 2.29. The number of anilines is 2. The number of carbonyl (C=O) groups is 2. The Balaban J connectivity index is 1.62. The molecule has 29 heavy (non-hydrogen) atoms. The van der Waals surface area contributed by atoms with Crippen LogP contribution in [0.3, 0.4) is 0 Å². The van der Waals surface area contributed by atoms with E-state index in [2.05, 4.69) is 47.0 Å². The number of nitrogens with one attached hydrogen (secondary N) is 1. The topological polar surface area (TPSA) is 91.6 Å². The second-order valence-corrected chi connectivity index (χ2v) is 14.8. The van der Waals surface area contributed by atoms with Gasteiger partial charge < -0.3 is 20.9 Å². The molecule has 1 saturated heterocycles. The molecule has 0 bridgehead atoms. The number of benzene rings is 1. The van der Waals surface area contributed by atoms with E-state index in [1.54, 1.807) is 0 Å². The van der Waals surface area contributed by atoms with E-state index in [-0.39, 0.29) is 12.1 Å². The second kappa shape index (κ2) is 8.15. The van der Waals surface area contributed by atoms with E-state index in [1.165, 1.54) is 16.5 Å². The van der Waals surface area contributed by atoms with E-state index < -0.39 is 14.0 Å². The molecule has 0 radical (unpaired) electrons. The zero-order valence-corrected chi connectivity index (χ0v) is 19.5. The highest BCUT2D eigenvalue weighted by Crippen LogP contribution is 2.27. The zero-order chi connectivity index (χ0) is 21.3. The lowest BCUT2D eigenvalue weighted by molar-refractivity contribution is 0.0995. The van der Waals surface area contributed by atoms with Crippen LogP contribution in [0, 0.1) is 6.92 Å². The van der Waals surface area contributed by atoms with Crippen molar-refractivity contribution in [2.75, 3.05) is 29.9 Å². The van der Waals surface area contributed by atoms with Gasteiger partial charge in [0.05, 0.1) is 8.07 Å². The molecule has 0 aliphatic carbocycles. The van der Waals surface area contributed by atoms with Gasteiger partial charge in [-0.1, -0.05) is 37.0 Å². The number of aromatic nitrogens is 1. The number of urea groups is 1. The van der Waals surface area contributed by atoms with Crippen molar-refractivity contribution in [1.29, 1.82) is 0 Å². The van der Waals surface area contributed by atoms with Crippen molar-refractivity contribution in [3.63, 3.8) is 0 Å². The first kappa shape index (κ1) is 21.3. The summed E-state index contributed by atoms with van der Waals surface area (Å²) in [6.45, 7) is 12.7. The molecule has 1 aromatic carbocycles. The number of hydrogen-bond donors (Lipinski definition) is 2. The van der Waals surface area contributed by atoms with Gasteiger partial charge in [-0.3, -0.25) is 4.79 Å². The first-order valence-corrected chi connectivity index (χ1v) is 14.1.